The van der Waals surface area contributed by atoms with E-state index in [1.807, 2.05) is 0 Å². The average molecular weight is 469 g/mol. The van der Waals surface area contributed by atoms with Crippen LogP contribution in [0.5, 0.6) is 0 Å². The van der Waals surface area contributed by atoms with E-state index in [0.717, 1.165) is 30.7 Å². The van der Waals surface area contributed by atoms with Gasteiger partial charge < -0.3 is 0 Å². The highest BCUT2D eigenvalue weighted by molar-refractivity contribution is 5.82. The lowest BCUT2D eigenvalue weighted by Gasteiger charge is -2.00. The Balaban J connectivity index is 0. The first kappa shape index (κ1) is 31.8. The molecular formula is C27H24N4O4. The molecule has 0 atom stereocenters. The van der Waals surface area contributed by atoms with Gasteiger partial charge in [-0.3, -0.25) is 0 Å². The average Bonchev–Trinajstić information content (AvgIpc) is 2.88. The molecule has 8 nitrogen and oxygen atoms in total. The van der Waals surface area contributed by atoms with E-state index in [4.69, 9.17) is 40.8 Å². The van der Waals surface area contributed by atoms with Gasteiger partial charge in [-0.05, 0) is 28.3 Å². The number of hydrogen-bond acceptors (Lipinski definition) is 8. The number of fused-ring (bicyclic) bond motifs is 1. The van der Waals surface area contributed by atoms with E-state index < -0.39 is 0 Å². The highest BCUT2D eigenvalue weighted by atomic mass is 16.1. The molecule has 0 aliphatic rings. The summed E-state index contributed by atoms with van der Waals surface area (Å²) in [6, 6.07) is 37.8. The van der Waals surface area contributed by atoms with Crippen molar-refractivity contribution in [1.82, 2.24) is 0 Å². The van der Waals surface area contributed by atoms with Crippen LogP contribution >= 0.6 is 0 Å². The van der Waals surface area contributed by atoms with Crippen LogP contribution in [0.1, 0.15) is 11.1 Å². The summed E-state index contributed by atoms with van der Waals surface area (Å²) in [5.41, 5.74) is 2.74. The van der Waals surface area contributed by atoms with Crippen LogP contribution in [0.3, 0.4) is 0 Å². The maximum absolute atomic E-state index is 8.35. The van der Waals surface area contributed by atoms with Crippen LogP contribution in [0.25, 0.3) is 10.8 Å². The van der Waals surface area contributed by atoms with Crippen molar-refractivity contribution in [2.24, 2.45) is 0 Å². The Hall–Kier alpha value is -5.34. The van der Waals surface area contributed by atoms with Gasteiger partial charge in [0.2, 0.25) is 24.3 Å². The second-order valence-corrected chi connectivity index (χ2v) is 5.90. The van der Waals surface area contributed by atoms with Gasteiger partial charge in [0, 0.05) is 0 Å². The molecule has 8 heteroatoms. The van der Waals surface area contributed by atoms with Crippen molar-refractivity contribution in [3.05, 3.63) is 120 Å². The molecule has 0 aliphatic heterocycles. The van der Waals surface area contributed by atoms with E-state index in [1.165, 1.54) is 21.9 Å². The highest BCUT2D eigenvalue weighted by Crippen LogP contribution is 2.11. The Morgan fingerprint density at radius 2 is 0.600 bits per heavy atom. The van der Waals surface area contributed by atoms with Gasteiger partial charge in [0.25, 0.3) is 0 Å². The smallest absolute Gasteiger partial charge is 0.222 e. The van der Waals surface area contributed by atoms with E-state index in [9.17, 15) is 0 Å². The molecule has 176 valence electrons. The number of benzene rings is 4. The zero-order chi connectivity index (χ0) is 26.6. The van der Waals surface area contributed by atoms with Crippen LogP contribution in [0.4, 0.5) is 0 Å². The summed E-state index contributed by atoms with van der Waals surface area (Å²) in [4.78, 5) is 33.4. The number of hydrogen-bond donors (Lipinski definition) is 4. The lowest BCUT2D eigenvalue weighted by molar-refractivity contribution is 0.562. The summed E-state index contributed by atoms with van der Waals surface area (Å²) in [5.74, 6) is 0. The highest BCUT2D eigenvalue weighted by Gasteiger charge is 1.92. The van der Waals surface area contributed by atoms with Gasteiger partial charge >= 0.3 is 0 Å². The molecule has 0 heterocycles. The molecule has 0 aromatic heterocycles. The van der Waals surface area contributed by atoms with E-state index in [0.29, 0.717) is 0 Å². The molecule has 35 heavy (non-hydrogen) atoms. The van der Waals surface area contributed by atoms with Gasteiger partial charge in [-0.15, -0.1) is 0 Å². The topological polar surface area (TPSA) is 164 Å². The van der Waals surface area contributed by atoms with Gasteiger partial charge in [-0.2, -0.15) is 0 Å². The minimum absolute atomic E-state index is 0.750. The summed E-state index contributed by atoms with van der Waals surface area (Å²) in [7, 11) is 0. The summed E-state index contributed by atoms with van der Waals surface area (Å²) in [5, 5.41) is 24.2. The quantitative estimate of drug-likeness (QED) is 0.218. The van der Waals surface area contributed by atoms with Crippen LogP contribution in [0.2, 0.25) is 0 Å². The number of isocyanates is 4. The largest absolute Gasteiger partial charge is 0.231 e. The van der Waals surface area contributed by atoms with Gasteiger partial charge in [0.1, 0.15) is 0 Å². The second kappa shape index (κ2) is 24.9. The lowest BCUT2D eigenvalue weighted by atomic mass is 10.1. The first-order chi connectivity index (χ1) is 17.1. The molecule has 0 saturated carbocycles. The van der Waals surface area contributed by atoms with E-state index >= 15 is 0 Å². The van der Waals surface area contributed by atoms with Crippen LogP contribution in [-0.2, 0) is 25.6 Å². The van der Waals surface area contributed by atoms with Crippen molar-refractivity contribution in [3.8, 4) is 0 Å². The molecule has 0 fully saturated rings. The van der Waals surface area contributed by atoms with Crippen molar-refractivity contribution in [1.29, 1.82) is 21.6 Å². The standard InChI is InChI=1S/C13H12.C10H8.4CHNO/c1-3-7-12(8-4-1)11-13-9-5-2-6-10-13;1-2-6-10-8-4-3-7-9(10)5-1;4*2-1-3/h1-10H,11H2;1-8H;4*2H. The van der Waals surface area contributed by atoms with Crippen molar-refractivity contribution in [2.45, 2.75) is 6.42 Å². The molecule has 0 radical (unpaired) electrons. The van der Waals surface area contributed by atoms with Crippen molar-refractivity contribution in [2.75, 3.05) is 0 Å². The predicted octanol–water partition coefficient (Wildman–Crippen LogP) is 5.72. The number of rotatable bonds is 2. The monoisotopic (exact) mass is 468 g/mol. The summed E-state index contributed by atoms with van der Waals surface area (Å²) in [6.45, 7) is 0. The Kier molecular flexibility index (Phi) is 22.7. The van der Waals surface area contributed by atoms with Gasteiger partial charge in [-0.25, -0.2) is 40.8 Å². The molecular weight excluding hydrogens is 444 g/mol. The molecule has 0 unspecified atom stereocenters. The molecule has 0 saturated heterocycles. The molecule has 4 aromatic rings. The third-order valence-corrected chi connectivity index (χ3v) is 3.75. The fourth-order valence-corrected chi connectivity index (χ4v) is 2.56. The third kappa shape index (κ3) is 19.1. The molecule has 4 N–H and O–H groups in total. The summed E-state index contributed by atoms with van der Waals surface area (Å²) in [6.07, 6.45) is 4.03. The Labute approximate surface area is 202 Å². The van der Waals surface area contributed by atoms with Crippen LogP contribution in [-0.4, -0.2) is 24.3 Å². The van der Waals surface area contributed by atoms with E-state index in [2.05, 4.69) is 109 Å². The molecule has 4 aromatic carbocycles. The zero-order valence-corrected chi connectivity index (χ0v) is 18.7. The molecule has 4 rings (SSSR count). The fraction of sp³-hybridized carbons (Fsp3) is 0.0370. The lowest BCUT2D eigenvalue weighted by Crippen LogP contribution is -1.85. The van der Waals surface area contributed by atoms with Crippen molar-refractivity contribution < 1.29 is 19.2 Å². The van der Waals surface area contributed by atoms with Crippen molar-refractivity contribution in [3.63, 3.8) is 0 Å². The van der Waals surface area contributed by atoms with Crippen molar-refractivity contribution >= 4 is 35.1 Å². The van der Waals surface area contributed by atoms with E-state index in [1.54, 1.807) is 0 Å². The molecule has 0 spiro atoms. The minimum atomic E-state index is 0.750. The Morgan fingerprint density at radius 1 is 0.400 bits per heavy atom. The third-order valence-electron chi connectivity index (χ3n) is 3.75. The van der Waals surface area contributed by atoms with Crippen LogP contribution in [0.15, 0.2) is 109 Å². The maximum atomic E-state index is 8.35. The maximum Gasteiger partial charge on any atom is 0.231 e. The van der Waals surface area contributed by atoms with Gasteiger partial charge in [0.15, 0.2) is 0 Å². The van der Waals surface area contributed by atoms with Crippen LogP contribution in [0, 0.1) is 21.6 Å². The SMILES string of the molecule is N=C=O.N=C=O.N=C=O.N=C=O.c1ccc(Cc2ccccc2)cc1.c1ccc2ccccc2c1. The zero-order valence-electron chi connectivity index (χ0n) is 18.7. The Bertz CT molecular complexity index is 1050. The predicted molar refractivity (Wildman–Crippen MR) is 133 cm³/mol. The molecule has 0 amide bonds. The summed E-state index contributed by atoms with van der Waals surface area (Å²) < 4.78 is 0. The summed E-state index contributed by atoms with van der Waals surface area (Å²) >= 11 is 0. The van der Waals surface area contributed by atoms with E-state index in [-0.39, 0.29) is 0 Å². The first-order valence-electron chi connectivity index (χ1n) is 9.75. The molecule has 0 aliphatic carbocycles. The normalized spacial score (nSPS) is 7.43. The number of nitrogens with one attached hydrogen (secondary N) is 4. The van der Waals surface area contributed by atoms with Gasteiger partial charge in [0.05, 0.1) is 0 Å². The first-order valence-corrected chi connectivity index (χ1v) is 9.75. The number of carbonyl (C=O) groups excluding carboxylic acids is 4. The van der Waals surface area contributed by atoms with Crippen LogP contribution < -0.4 is 0 Å². The Morgan fingerprint density at radius 3 is 0.829 bits per heavy atom. The second-order valence-electron chi connectivity index (χ2n) is 5.90. The van der Waals surface area contributed by atoms with Gasteiger partial charge in [-0.1, -0.05) is 109 Å². The molecule has 0 bridgehead atoms. The fourth-order valence-electron chi connectivity index (χ4n) is 2.56. The minimum Gasteiger partial charge on any atom is -0.222 e.